The van der Waals surface area contributed by atoms with Gasteiger partial charge in [0.1, 0.15) is 16.6 Å². The standard InChI is InChI=1S/C12H17N3OS/c1-4-8(3)15-5-9(16)10(11(15)13)12-14-7(2)6-17-12/h6,8,13,16H,4-5H2,1-3H3/t8-/m1/s1. The maximum Gasteiger partial charge on any atom is 0.135 e. The summed E-state index contributed by atoms with van der Waals surface area (Å²) in [6.45, 7) is 6.50. The number of hydrogen-bond donors (Lipinski definition) is 2. The monoisotopic (exact) mass is 251 g/mol. The fraction of sp³-hybridized carbons (Fsp3) is 0.500. The second-order valence-corrected chi connectivity index (χ2v) is 5.21. The highest BCUT2D eigenvalue weighted by Crippen LogP contribution is 2.30. The Bertz CT molecular complexity index is 478. The van der Waals surface area contributed by atoms with Crippen LogP contribution in [-0.4, -0.2) is 33.4 Å². The van der Waals surface area contributed by atoms with Gasteiger partial charge in [0.2, 0.25) is 0 Å². The summed E-state index contributed by atoms with van der Waals surface area (Å²) >= 11 is 1.48. The predicted octanol–water partition coefficient (Wildman–Crippen LogP) is 2.81. The van der Waals surface area contributed by atoms with Crippen molar-refractivity contribution in [1.29, 1.82) is 5.41 Å². The molecule has 1 aromatic heterocycles. The lowest BCUT2D eigenvalue weighted by atomic mass is 10.2. The molecule has 0 unspecified atom stereocenters. The van der Waals surface area contributed by atoms with Gasteiger partial charge < -0.3 is 10.0 Å². The zero-order valence-corrected chi connectivity index (χ0v) is 11.1. The molecule has 5 heteroatoms. The minimum Gasteiger partial charge on any atom is -0.510 e. The number of nitrogens with zero attached hydrogens (tertiary/aromatic N) is 2. The summed E-state index contributed by atoms with van der Waals surface area (Å²) < 4.78 is 0. The maximum absolute atomic E-state index is 10.0. The van der Waals surface area contributed by atoms with Crippen molar-refractivity contribution in [2.75, 3.05) is 6.54 Å². The zero-order chi connectivity index (χ0) is 12.6. The summed E-state index contributed by atoms with van der Waals surface area (Å²) in [5.41, 5.74) is 1.53. The number of aromatic nitrogens is 1. The van der Waals surface area contributed by atoms with E-state index < -0.39 is 0 Å². The largest absolute Gasteiger partial charge is 0.510 e. The summed E-state index contributed by atoms with van der Waals surface area (Å²) in [6, 6.07) is 0.267. The van der Waals surface area contributed by atoms with Crippen LogP contribution in [0.4, 0.5) is 0 Å². The number of amidine groups is 1. The molecule has 0 fully saturated rings. The maximum atomic E-state index is 10.0. The second kappa shape index (κ2) is 4.49. The number of aliphatic hydroxyl groups is 1. The predicted molar refractivity (Wildman–Crippen MR) is 70.6 cm³/mol. The number of rotatable bonds is 3. The van der Waals surface area contributed by atoms with E-state index in [4.69, 9.17) is 5.41 Å². The molecule has 17 heavy (non-hydrogen) atoms. The minimum absolute atomic E-state index is 0.267. The summed E-state index contributed by atoms with van der Waals surface area (Å²) in [5, 5.41) is 20.8. The molecule has 0 radical (unpaired) electrons. The molecule has 1 aliphatic heterocycles. The molecule has 0 aromatic carbocycles. The van der Waals surface area contributed by atoms with Crippen LogP contribution in [-0.2, 0) is 0 Å². The van der Waals surface area contributed by atoms with Crippen LogP contribution in [0.3, 0.4) is 0 Å². The van der Waals surface area contributed by atoms with E-state index in [1.807, 2.05) is 17.2 Å². The number of thiazole rings is 1. The van der Waals surface area contributed by atoms with E-state index >= 15 is 0 Å². The van der Waals surface area contributed by atoms with Crippen LogP contribution in [0.15, 0.2) is 11.1 Å². The Labute approximate surface area is 105 Å². The van der Waals surface area contributed by atoms with Crippen LogP contribution in [0.5, 0.6) is 0 Å². The van der Waals surface area contributed by atoms with Crippen molar-refractivity contribution in [3.63, 3.8) is 0 Å². The summed E-state index contributed by atoms with van der Waals surface area (Å²) in [6.07, 6.45) is 0.958. The van der Waals surface area contributed by atoms with Crippen LogP contribution in [0.25, 0.3) is 5.57 Å². The summed E-state index contributed by atoms with van der Waals surface area (Å²) in [4.78, 5) is 6.26. The van der Waals surface area contributed by atoms with E-state index in [1.54, 1.807) is 0 Å². The van der Waals surface area contributed by atoms with Gasteiger partial charge in [-0.05, 0) is 20.3 Å². The van der Waals surface area contributed by atoms with E-state index in [2.05, 4.69) is 18.8 Å². The SMILES string of the molecule is CC[C@@H](C)N1CC(O)=C(c2nc(C)cs2)C1=N. The van der Waals surface area contributed by atoms with E-state index in [0.29, 0.717) is 18.0 Å². The molecule has 1 aliphatic rings. The lowest BCUT2D eigenvalue weighted by Gasteiger charge is -2.25. The molecule has 0 spiro atoms. The Balaban J connectivity index is 2.30. The van der Waals surface area contributed by atoms with Gasteiger partial charge in [0.25, 0.3) is 0 Å². The molecule has 2 heterocycles. The van der Waals surface area contributed by atoms with Crippen molar-refractivity contribution in [3.8, 4) is 0 Å². The highest BCUT2D eigenvalue weighted by molar-refractivity contribution is 7.11. The van der Waals surface area contributed by atoms with Crippen LogP contribution in [0.2, 0.25) is 0 Å². The number of nitrogens with one attached hydrogen (secondary N) is 1. The Kier molecular flexibility index (Phi) is 3.19. The summed E-state index contributed by atoms with van der Waals surface area (Å²) in [5.74, 6) is 0.663. The third-order valence-electron chi connectivity index (χ3n) is 3.09. The number of aryl methyl sites for hydroxylation is 1. The average molecular weight is 251 g/mol. The third-order valence-corrected chi connectivity index (χ3v) is 4.07. The lowest BCUT2D eigenvalue weighted by molar-refractivity contribution is 0.301. The molecule has 1 atom stereocenters. The van der Waals surface area contributed by atoms with Crippen molar-refractivity contribution in [3.05, 3.63) is 21.8 Å². The van der Waals surface area contributed by atoms with Gasteiger partial charge in [-0.3, -0.25) is 5.41 Å². The molecular formula is C12H17N3OS. The van der Waals surface area contributed by atoms with Crippen LogP contribution < -0.4 is 0 Å². The van der Waals surface area contributed by atoms with Gasteiger partial charge in [-0.2, -0.15) is 0 Å². The van der Waals surface area contributed by atoms with Gasteiger partial charge in [-0.15, -0.1) is 11.3 Å². The fourth-order valence-corrected chi connectivity index (χ4v) is 2.75. The van der Waals surface area contributed by atoms with E-state index in [-0.39, 0.29) is 11.8 Å². The minimum atomic E-state index is 0.267. The number of hydrogen-bond acceptors (Lipinski definition) is 4. The normalized spacial score (nSPS) is 18.1. The van der Waals surface area contributed by atoms with E-state index in [9.17, 15) is 5.11 Å². The lowest BCUT2D eigenvalue weighted by Crippen LogP contribution is -2.34. The smallest absolute Gasteiger partial charge is 0.135 e. The average Bonchev–Trinajstić information content (AvgIpc) is 2.82. The van der Waals surface area contributed by atoms with Gasteiger partial charge in [-0.25, -0.2) is 4.98 Å². The molecule has 2 N–H and O–H groups in total. The molecule has 0 saturated carbocycles. The molecule has 2 rings (SSSR count). The van der Waals surface area contributed by atoms with Gasteiger partial charge >= 0.3 is 0 Å². The first-order valence-corrected chi connectivity index (χ1v) is 6.62. The van der Waals surface area contributed by atoms with Crippen molar-refractivity contribution in [2.24, 2.45) is 0 Å². The molecule has 0 amide bonds. The van der Waals surface area contributed by atoms with Crippen molar-refractivity contribution in [1.82, 2.24) is 9.88 Å². The van der Waals surface area contributed by atoms with Gasteiger partial charge in [0.05, 0.1) is 12.1 Å². The van der Waals surface area contributed by atoms with Crippen LogP contribution in [0, 0.1) is 12.3 Å². The highest BCUT2D eigenvalue weighted by Gasteiger charge is 2.32. The Morgan fingerprint density at radius 3 is 2.88 bits per heavy atom. The van der Waals surface area contributed by atoms with Crippen molar-refractivity contribution in [2.45, 2.75) is 33.2 Å². The molecule has 0 bridgehead atoms. The quantitative estimate of drug-likeness (QED) is 0.868. The Morgan fingerprint density at radius 2 is 2.35 bits per heavy atom. The second-order valence-electron chi connectivity index (χ2n) is 4.35. The Hall–Kier alpha value is -1.36. The molecular weight excluding hydrogens is 234 g/mol. The topological polar surface area (TPSA) is 60.2 Å². The molecule has 4 nitrogen and oxygen atoms in total. The summed E-state index contributed by atoms with van der Waals surface area (Å²) in [7, 11) is 0. The fourth-order valence-electron chi connectivity index (χ4n) is 1.89. The van der Waals surface area contributed by atoms with E-state index in [1.165, 1.54) is 11.3 Å². The molecule has 0 saturated heterocycles. The van der Waals surface area contributed by atoms with Crippen LogP contribution in [0.1, 0.15) is 31.0 Å². The molecule has 0 aliphatic carbocycles. The third kappa shape index (κ3) is 2.07. The highest BCUT2D eigenvalue weighted by atomic mass is 32.1. The first-order valence-electron chi connectivity index (χ1n) is 5.74. The van der Waals surface area contributed by atoms with Gasteiger partial charge in [0, 0.05) is 17.1 Å². The zero-order valence-electron chi connectivity index (χ0n) is 10.3. The Morgan fingerprint density at radius 1 is 1.65 bits per heavy atom. The first kappa shape index (κ1) is 12.1. The number of aliphatic hydroxyl groups excluding tert-OH is 1. The van der Waals surface area contributed by atoms with E-state index in [0.717, 1.165) is 17.1 Å². The molecule has 92 valence electrons. The van der Waals surface area contributed by atoms with Crippen LogP contribution >= 0.6 is 11.3 Å². The first-order chi connectivity index (χ1) is 8.04. The van der Waals surface area contributed by atoms with Crippen molar-refractivity contribution >= 4 is 22.7 Å². The molecule has 1 aromatic rings. The van der Waals surface area contributed by atoms with Gasteiger partial charge in [-0.1, -0.05) is 6.92 Å². The van der Waals surface area contributed by atoms with Gasteiger partial charge in [0.15, 0.2) is 0 Å². The van der Waals surface area contributed by atoms with Crippen molar-refractivity contribution < 1.29 is 5.11 Å².